The number of benzene rings is 2. The fourth-order valence-corrected chi connectivity index (χ4v) is 5.02. The van der Waals surface area contributed by atoms with Crippen molar-refractivity contribution in [3.8, 4) is 0 Å². The van der Waals surface area contributed by atoms with Gasteiger partial charge in [0.25, 0.3) is 0 Å². The molecule has 2 aromatic rings. The molecule has 2 aromatic carbocycles. The van der Waals surface area contributed by atoms with Crippen LogP contribution in [0.5, 0.6) is 0 Å². The Morgan fingerprint density at radius 1 is 0.962 bits per heavy atom. The van der Waals surface area contributed by atoms with Crippen LogP contribution in [0.2, 0.25) is 0 Å². The SMILES string of the molecule is O=C1CCC(CCOCc2ccccc2)N1S(=O)(=O)Cc1ccccc1. The van der Waals surface area contributed by atoms with Crippen LogP contribution in [0.4, 0.5) is 0 Å². The molecule has 1 heterocycles. The number of hydrogen-bond acceptors (Lipinski definition) is 4. The smallest absolute Gasteiger partial charge is 0.241 e. The van der Waals surface area contributed by atoms with Crippen molar-refractivity contribution in [1.82, 2.24) is 4.31 Å². The second-order valence-electron chi connectivity index (χ2n) is 6.45. The molecule has 0 aliphatic carbocycles. The first-order valence-electron chi connectivity index (χ1n) is 8.77. The number of hydrogen-bond donors (Lipinski definition) is 0. The van der Waals surface area contributed by atoms with Gasteiger partial charge in [-0.1, -0.05) is 60.7 Å². The Bertz CT molecular complexity index is 821. The molecule has 0 radical (unpaired) electrons. The van der Waals surface area contributed by atoms with Crippen LogP contribution in [-0.2, 0) is 31.9 Å². The number of carbonyl (C=O) groups excluding carboxylic acids is 1. The molecule has 3 rings (SSSR count). The second kappa shape index (κ2) is 8.47. The number of ether oxygens (including phenoxy) is 1. The molecule has 5 nitrogen and oxygen atoms in total. The first-order valence-corrected chi connectivity index (χ1v) is 10.4. The number of sulfonamides is 1. The third-order valence-corrected chi connectivity index (χ3v) is 6.27. The van der Waals surface area contributed by atoms with Gasteiger partial charge in [-0.3, -0.25) is 4.79 Å². The van der Waals surface area contributed by atoms with Gasteiger partial charge >= 0.3 is 0 Å². The van der Waals surface area contributed by atoms with Gasteiger partial charge in [0.1, 0.15) is 0 Å². The van der Waals surface area contributed by atoms with Crippen molar-refractivity contribution in [2.75, 3.05) is 6.61 Å². The van der Waals surface area contributed by atoms with Gasteiger partial charge in [0.05, 0.1) is 18.4 Å². The second-order valence-corrected chi connectivity index (χ2v) is 8.30. The Morgan fingerprint density at radius 2 is 1.58 bits per heavy atom. The third kappa shape index (κ3) is 4.71. The lowest BCUT2D eigenvalue weighted by Crippen LogP contribution is -2.39. The normalized spacial score (nSPS) is 17.6. The van der Waals surface area contributed by atoms with E-state index in [0.717, 1.165) is 9.87 Å². The highest BCUT2D eigenvalue weighted by molar-refractivity contribution is 7.88. The zero-order valence-electron chi connectivity index (χ0n) is 14.6. The largest absolute Gasteiger partial charge is 0.377 e. The van der Waals surface area contributed by atoms with E-state index in [1.807, 2.05) is 36.4 Å². The molecule has 0 N–H and O–H groups in total. The molecule has 0 spiro atoms. The summed E-state index contributed by atoms with van der Waals surface area (Å²) in [5, 5.41) is 0. The topological polar surface area (TPSA) is 63.7 Å². The molecular weight excluding hydrogens is 350 g/mol. The summed E-state index contributed by atoms with van der Waals surface area (Å²) in [6.45, 7) is 0.905. The van der Waals surface area contributed by atoms with E-state index >= 15 is 0 Å². The average molecular weight is 373 g/mol. The number of nitrogens with zero attached hydrogens (tertiary/aromatic N) is 1. The first kappa shape index (κ1) is 18.6. The number of rotatable bonds is 8. The van der Waals surface area contributed by atoms with Gasteiger partial charge in [-0.15, -0.1) is 0 Å². The predicted molar refractivity (Wildman–Crippen MR) is 99.6 cm³/mol. The summed E-state index contributed by atoms with van der Waals surface area (Å²) in [6, 6.07) is 18.5. The van der Waals surface area contributed by atoms with Crippen molar-refractivity contribution in [3.63, 3.8) is 0 Å². The minimum atomic E-state index is -3.67. The van der Waals surface area contributed by atoms with E-state index in [1.54, 1.807) is 24.3 Å². The highest BCUT2D eigenvalue weighted by Gasteiger charge is 2.39. The summed E-state index contributed by atoms with van der Waals surface area (Å²) < 4.78 is 32.2. The number of carbonyl (C=O) groups is 1. The van der Waals surface area contributed by atoms with Crippen LogP contribution in [0.3, 0.4) is 0 Å². The van der Waals surface area contributed by atoms with Gasteiger partial charge < -0.3 is 4.74 Å². The summed E-state index contributed by atoms with van der Waals surface area (Å²) >= 11 is 0. The van der Waals surface area contributed by atoms with Crippen molar-refractivity contribution in [2.45, 2.75) is 37.7 Å². The Balaban J connectivity index is 1.57. The lowest BCUT2D eigenvalue weighted by atomic mass is 10.2. The molecule has 1 fully saturated rings. The Hall–Kier alpha value is -2.18. The van der Waals surface area contributed by atoms with E-state index in [9.17, 15) is 13.2 Å². The highest BCUT2D eigenvalue weighted by Crippen LogP contribution is 2.27. The molecular formula is C20H23NO4S. The summed E-state index contributed by atoms with van der Waals surface area (Å²) in [7, 11) is -3.67. The molecule has 0 bridgehead atoms. The molecule has 1 aliphatic heterocycles. The molecule has 1 amide bonds. The van der Waals surface area contributed by atoms with Crippen molar-refractivity contribution in [1.29, 1.82) is 0 Å². The molecule has 1 unspecified atom stereocenters. The summed E-state index contributed by atoms with van der Waals surface area (Å²) in [4.78, 5) is 12.2. The van der Waals surface area contributed by atoms with Crippen molar-refractivity contribution in [2.24, 2.45) is 0 Å². The first-order chi connectivity index (χ1) is 12.6. The van der Waals surface area contributed by atoms with Crippen molar-refractivity contribution < 1.29 is 17.9 Å². The quantitative estimate of drug-likeness (QED) is 0.667. The van der Waals surface area contributed by atoms with Crippen molar-refractivity contribution in [3.05, 3.63) is 71.8 Å². The Labute approximate surface area is 154 Å². The Morgan fingerprint density at radius 3 is 2.23 bits per heavy atom. The van der Waals surface area contributed by atoms with Crippen LogP contribution in [0.25, 0.3) is 0 Å². The monoisotopic (exact) mass is 373 g/mol. The van der Waals surface area contributed by atoms with Gasteiger partial charge in [0, 0.05) is 13.0 Å². The molecule has 0 aromatic heterocycles. The van der Waals surface area contributed by atoms with Crippen molar-refractivity contribution >= 4 is 15.9 Å². The van der Waals surface area contributed by atoms with E-state index in [2.05, 4.69) is 0 Å². The zero-order chi connectivity index (χ0) is 18.4. The van der Waals surface area contributed by atoms with Gasteiger partial charge in [0.15, 0.2) is 0 Å². The summed E-state index contributed by atoms with van der Waals surface area (Å²) in [6.07, 6.45) is 1.35. The zero-order valence-corrected chi connectivity index (χ0v) is 15.4. The summed E-state index contributed by atoms with van der Waals surface area (Å²) in [5.74, 6) is -0.463. The van der Waals surface area contributed by atoms with Gasteiger partial charge in [-0.25, -0.2) is 12.7 Å². The molecule has 0 saturated carbocycles. The van der Waals surface area contributed by atoms with E-state index in [0.29, 0.717) is 31.6 Å². The Kier molecular flexibility index (Phi) is 6.06. The minimum absolute atomic E-state index is 0.152. The minimum Gasteiger partial charge on any atom is -0.377 e. The van der Waals surface area contributed by atoms with Crippen LogP contribution >= 0.6 is 0 Å². The van der Waals surface area contributed by atoms with E-state index in [-0.39, 0.29) is 24.1 Å². The van der Waals surface area contributed by atoms with E-state index in [4.69, 9.17) is 4.74 Å². The molecule has 1 atom stereocenters. The standard InChI is InChI=1S/C20H23NO4S/c22-20-12-11-19(13-14-25-15-17-7-3-1-4-8-17)21(20)26(23,24)16-18-9-5-2-6-10-18/h1-10,19H,11-16H2. The van der Waals surface area contributed by atoms with Crippen LogP contribution in [0.15, 0.2) is 60.7 Å². The van der Waals surface area contributed by atoms with Gasteiger partial charge in [-0.2, -0.15) is 0 Å². The maximum absolute atomic E-state index is 12.7. The van der Waals surface area contributed by atoms with E-state index in [1.165, 1.54) is 0 Å². The fraction of sp³-hybridized carbons (Fsp3) is 0.350. The maximum atomic E-state index is 12.7. The fourth-order valence-electron chi connectivity index (χ4n) is 3.20. The molecule has 26 heavy (non-hydrogen) atoms. The predicted octanol–water partition coefficient (Wildman–Crippen LogP) is 3.11. The van der Waals surface area contributed by atoms with Crippen LogP contribution in [0, 0.1) is 0 Å². The van der Waals surface area contributed by atoms with Crippen LogP contribution in [0.1, 0.15) is 30.4 Å². The molecule has 6 heteroatoms. The van der Waals surface area contributed by atoms with Crippen LogP contribution in [-0.4, -0.2) is 31.3 Å². The highest BCUT2D eigenvalue weighted by atomic mass is 32.2. The molecule has 138 valence electrons. The molecule has 1 saturated heterocycles. The van der Waals surface area contributed by atoms with Crippen LogP contribution < -0.4 is 0 Å². The third-order valence-electron chi connectivity index (χ3n) is 4.47. The average Bonchev–Trinajstić information content (AvgIpc) is 3.02. The number of amides is 1. The lowest BCUT2D eigenvalue weighted by molar-refractivity contribution is -0.124. The maximum Gasteiger partial charge on any atom is 0.241 e. The lowest BCUT2D eigenvalue weighted by Gasteiger charge is -2.24. The van der Waals surface area contributed by atoms with Gasteiger partial charge in [0.2, 0.25) is 15.9 Å². The van der Waals surface area contributed by atoms with Gasteiger partial charge in [-0.05, 0) is 24.0 Å². The molecule has 1 aliphatic rings. The summed E-state index contributed by atoms with van der Waals surface area (Å²) in [5.41, 5.74) is 1.76. The van der Waals surface area contributed by atoms with E-state index < -0.39 is 10.0 Å².